The zero-order valence-electron chi connectivity index (χ0n) is 25.4. The minimum absolute atomic E-state index is 0.819. The second-order valence-corrected chi connectivity index (χ2v) is 10.0. The van der Waals surface area contributed by atoms with Crippen LogP contribution in [0.25, 0.3) is 17.4 Å². The minimum Gasteiger partial charge on any atom is -0.330 e. The first kappa shape index (κ1) is 35.5. The van der Waals surface area contributed by atoms with Gasteiger partial charge in [0.05, 0.1) is 0 Å². The van der Waals surface area contributed by atoms with Gasteiger partial charge in [-0.25, -0.2) is 9.97 Å². The Morgan fingerprint density at radius 2 is 1.87 bits per heavy atom. The molecule has 0 saturated heterocycles. The Labute approximate surface area is 238 Å². The highest BCUT2D eigenvalue weighted by Gasteiger charge is 2.19. The van der Waals surface area contributed by atoms with Crippen LogP contribution in [0.15, 0.2) is 46.8 Å². The number of anilines is 1. The van der Waals surface area contributed by atoms with E-state index in [-0.39, 0.29) is 0 Å². The van der Waals surface area contributed by atoms with Gasteiger partial charge in [0.15, 0.2) is 5.65 Å². The number of terminal acetylenes is 1. The van der Waals surface area contributed by atoms with Crippen LogP contribution in [0.4, 0.5) is 5.95 Å². The van der Waals surface area contributed by atoms with Crippen molar-refractivity contribution in [3.8, 4) is 12.3 Å². The molecule has 0 radical (unpaired) electrons. The molecule has 0 bridgehead atoms. The lowest BCUT2D eigenvalue weighted by Crippen LogP contribution is -2.33. The molecular weight excluding hydrogens is 490 g/mol. The van der Waals surface area contributed by atoms with E-state index in [4.69, 9.17) is 16.6 Å². The molecule has 2 aromatic rings. The predicted octanol–water partition coefficient (Wildman–Crippen LogP) is 9.34. The number of hydrogen-bond acceptors (Lipinski definition) is 4. The number of rotatable bonds is 10. The molecule has 0 aliphatic heterocycles. The van der Waals surface area contributed by atoms with Crippen molar-refractivity contribution >= 4 is 34.9 Å². The third-order valence-electron chi connectivity index (χ3n) is 5.57. The summed E-state index contributed by atoms with van der Waals surface area (Å²) >= 11 is 5.44. The van der Waals surface area contributed by atoms with Crippen LogP contribution in [0.2, 0.25) is 0 Å². The molecule has 2 heterocycles. The van der Waals surface area contributed by atoms with Gasteiger partial charge in [0.1, 0.15) is 5.52 Å². The summed E-state index contributed by atoms with van der Waals surface area (Å²) in [5.41, 5.74) is 4.12. The minimum atomic E-state index is 0.819. The highest BCUT2D eigenvalue weighted by Crippen LogP contribution is 2.27. The fourth-order valence-electron chi connectivity index (χ4n) is 3.79. The molecule has 0 aromatic carbocycles. The maximum Gasteiger partial charge on any atom is 0.213 e. The van der Waals surface area contributed by atoms with Crippen LogP contribution in [-0.4, -0.2) is 39.1 Å². The van der Waals surface area contributed by atoms with E-state index in [1.165, 1.54) is 44.3 Å². The van der Waals surface area contributed by atoms with Gasteiger partial charge < -0.3 is 5.32 Å². The molecule has 1 fully saturated rings. The van der Waals surface area contributed by atoms with Gasteiger partial charge in [-0.2, -0.15) is 0 Å². The van der Waals surface area contributed by atoms with E-state index in [2.05, 4.69) is 74.4 Å². The largest absolute Gasteiger partial charge is 0.330 e. The summed E-state index contributed by atoms with van der Waals surface area (Å²) in [5, 5.41) is 4.37. The quantitative estimate of drug-likeness (QED) is 0.304. The summed E-state index contributed by atoms with van der Waals surface area (Å²) in [5.74, 6) is 3.98. The van der Waals surface area contributed by atoms with Crippen molar-refractivity contribution in [1.29, 1.82) is 0 Å². The summed E-state index contributed by atoms with van der Waals surface area (Å²) in [6.45, 7) is 21.5. The van der Waals surface area contributed by atoms with Crippen molar-refractivity contribution in [2.45, 2.75) is 94.4 Å². The van der Waals surface area contributed by atoms with E-state index in [9.17, 15) is 0 Å². The van der Waals surface area contributed by atoms with Crippen molar-refractivity contribution in [2.75, 3.05) is 25.0 Å². The normalized spacial score (nSPS) is 13.1. The number of aromatic nitrogens is 3. The van der Waals surface area contributed by atoms with Crippen molar-refractivity contribution < 1.29 is 0 Å². The van der Waals surface area contributed by atoms with Crippen LogP contribution in [0.3, 0.4) is 0 Å². The molecule has 2 aromatic heterocycles. The first-order chi connectivity index (χ1) is 18.2. The number of pyridine rings is 1. The predicted molar refractivity (Wildman–Crippen MR) is 170 cm³/mol. The molecule has 1 aliphatic carbocycles. The van der Waals surface area contributed by atoms with Crippen LogP contribution in [0.5, 0.6) is 0 Å². The highest BCUT2D eigenvalue weighted by molar-refractivity contribution is 6.29. The van der Waals surface area contributed by atoms with Gasteiger partial charge in [-0.15, -0.1) is 12.3 Å². The number of halogens is 1. The van der Waals surface area contributed by atoms with Crippen LogP contribution in [-0.2, 0) is 0 Å². The number of imidazole rings is 1. The maximum absolute atomic E-state index is 5.44. The van der Waals surface area contributed by atoms with Crippen LogP contribution in [0, 0.1) is 18.3 Å². The number of nitrogens with zero attached hydrogens (tertiary/aromatic N) is 4. The standard InChI is InChI=1S/C22H33N5.C5H9Cl.C3H4.C2H6/c1-5-13-26(16-19-8-6-9-19)14-11-18(4)24-22-25-20-10-7-12-23-21(20)27(22)15-17(2)3;1-3-4-5(2)6;1-3-2;1-2/h7,10-12,15,19H,5-6,8-9,13-14,16H2,1-4H3,(H,24,25);4H,3H2,1-2H3;1H,2H3;1-2H3/b18-11+;5-4+;;. The molecule has 0 atom stereocenters. The Bertz CT molecular complexity index is 1030. The Kier molecular flexibility index (Phi) is 20.0. The zero-order valence-corrected chi connectivity index (χ0v) is 26.2. The Morgan fingerprint density at radius 3 is 2.34 bits per heavy atom. The molecule has 1 saturated carbocycles. The molecule has 0 spiro atoms. The van der Waals surface area contributed by atoms with E-state index < -0.39 is 0 Å². The second kappa shape index (κ2) is 21.4. The van der Waals surface area contributed by atoms with E-state index in [1.807, 2.05) is 49.7 Å². The molecule has 5 nitrogen and oxygen atoms in total. The number of hydrogen-bond donors (Lipinski definition) is 1. The Morgan fingerprint density at radius 1 is 1.21 bits per heavy atom. The van der Waals surface area contributed by atoms with Gasteiger partial charge >= 0.3 is 0 Å². The average molecular weight is 542 g/mol. The second-order valence-electron chi connectivity index (χ2n) is 9.41. The molecule has 6 heteroatoms. The smallest absolute Gasteiger partial charge is 0.213 e. The lowest BCUT2D eigenvalue weighted by Gasteiger charge is -2.31. The first-order valence-electron chi connectivity index (χ1n) is 14.1. The van der Waals surface area contributed by atoms with Gasteiger partial charge in [0, 0.05) is 36.2 Å². The topological polar surface area (TPSA) is 46.0 Å². The summed E-state index contributed by atoms with van der Waals surface area (Å²) in [6, 6.07) is 3.93. The summed E-state index contributed by atoms with van der Waals surface area (Å²) in [6.07, 6.45) is 19.2. The molecule has 1 N–H and O–H groups in total. The lowest BCUT2D eigenvalue weighted by molar-refractivity contribution is 0.191. The van der Waals surface area contributed by atoms with Gasteiger partial charge in [-0.05, 0) is 84.9 Å². The van der Waals surface area contributed by atoms with E-state index in [0.29, 0.717) is 0 Å². The number of allylic oxidation sites excluding steroid dienone is 4. The molecular formula is C32H52ClN5. The maximum atomic E-state index is 5.44. The van der Waals surface area contributed by atoms with Crippen LogP contribution < -0.4 is 5.32 Å². The first-order valence-corrected chi connectivity index (χ1v) is 14.5. The molecule has 3 rings (SSSR count). The highest BCUT2D eigenvalue weighted by atomic mass is 35.5. The van der Waals surface area contributed by atoms with Crippen LogP contribution in [0.1, 0.15) is 94.4 Å². The fourth-order valence-corrected chi connectivity index (χ4v) is 3.94. The van der Waals surface area contributed by atoms with Crippen molar-refractivity contribution in [3.05, 3.63) is 46.8 Å². The molecule has 212 valence electrons. The average Bonchev–Trinajstić information content (AvgIpc) is 3.18. The van der Waals surface area contributed by atoms with E-state index in [1.54, 1.807) is 6.92 Å². The van der Waals surface area contributed by atoms with Crippen molar-refractivity contribution in [3.63, 3.8) is 0 Å². The Balaban J connectivity index is 0.00000106. The van der Waals surface area contributed by atoms with Gasteiger partial charge in [-0.1, -0.05) is 63.4 Å². The number of fused-ring (bicyclic) bond motifs is 1. The van der Waals surface area contributed by atoms with Crippen molar-refractivity contribution in [2.24, 2.45) is 5.92 Å². The van der Waals surface area contributed by atoms with Gasteiger partial charge in [0.2, 0.25) is 5.95 Å². The summed E-state index contributed by atoms with van der Waals surface area (Å²) in [4.78, 5) is 11.8. The molecule has 0 unspecified atom stereocenters. The zero-order chi connectivity index (χ0) is 28.9. The Hall–Kier alpha value is -2.55. The van der Waals surface area contributed by atoms with Gasteiger partial charge in [-0.3, -0.25) is 9.47 Å². The summed E-state index contributed by atoms with van der Waals surface area (Å²) < 4.78 is 2.04. The van der Waals surface area contributed by atoms with E-state index in [0.717, 1.165) is 46.7 Å². The van der Waals surface area contributed by atoms with Gasteiger partial charge in [0.25, 0.3) is 0 Å². The third kappa shape index (κ3) is 14.4. The lowest BCUT2D eigenvalue weighted by atomic mass is 9.85. The van der Waals surface area contributed by atoms with Crippen molar-refractivity contribution in [1.82, 2.24) is 19.4 Å². The number of nitrogens with one attached hydrogen (secondary N) is 1. The van der Waals surface area contributed by atoms with E-state index >= 15 is 0 Å². The molecule has 0 amide bonds. The summed E-state index contributed by atoms with van der Waals surface area (Å²) in [7, 11) is 0. The third-order valence-corrected chi connectivity index (χ3v) is 5.72. The molecule has 1 aliphatic rings. The van der Waals surface area contributed by atoms with Crippen LogP contribution >= 0.6 is 11.6 Å². The SMILES string of the molecule is C#CC.CC.CC/C=C(\C)Cl.CCCN(C/C=C(\C)Nc1nc2cccnc2n1C=C(C)C)CC1CCC1. The molecule has 38 heavy (non-hydrogen) atoms. The fraction of sp³-hybridized carbons (Fsp3) is 0.562. The monoisotopic (exact) mass is 541 g/mol.